The van der Waals surface area contributed by atoms with E-state index in [1.54, 1.807) is 6.33 Å². The second-order valence-corrected chi connectivity index (χ2v) is 5.58. The van der Waals surface area contributed by atoms with Gasteiger partial charge in [0.2, 0.25) is 0 Å². The number of nitrogens with zero attached hydrogens (tertiary/aromatic N) is 5. The molecule has 0 N–H and O–H groups in total. The molecular formula is C15H21N5O. The van der Waals surface area contributed by atoms with Gasteiger partial charge >= 0.3 is 0 Å². The molecule has 1 saturated heterocycles. The number of hydrogen-bond acceptors (Lipinski definition) is 5. The summed E-state index contributed by atoms with van der Waals surface area (Å²) in [6.07, 6.45) is 10.1. The van der Waals surface area contributed by atoms with Crippen molar-refractivity contribution in [3.8, 4) is 0 Å². The van der Waals surface area contributed by atoms with Crippen LogP contribution in [0.5, 0.6) is 0 Å². The molecular weight excluding hydrogens is 266 g/mol. The van der Waals surface area contributed by atoms with Crippen LogP contribution in [-0.2, 0) is 24.8 Å². The minimum absolute atomic E-state index is 0.471. The quantitative estimate of drug-likeness (QED) is 0.836. The van der Waals surface area contributed by atoms with E-state index in [0.717, 1.165) is 45.1 Å². The molecule has 0 aromatic carbocycles. The molecule has 1 aliphatic rings. The van der Waals surface area contributed by atoms with Crippen LogP contribution in [0, 0.1) is 5.92 Å². The maximum atomic E-state index is 5.75. The van der Waals surface area contributed by atoms with E-state index in [4.69, 9.17) is 4.74 Å². The van der Waals surface area contributed by atoms with Crippen LogP contribution in [0.4, 0.5) is 0 Å². The molecule has 0 unspecified atom stereocenters. The fraction of sp³-hybridized carbons (Fsp3) is 0.533. The SMILES string of the molecule is Cn1ccnc1CN1CCOC[C@H](Cc2cncnc2)C1. The lowest BCUT2D eigenvalue weighted by molar-refractivity contribution is 0.121. The van der Waals surface area contributed by atoms with Gasteiger partial charge in [-0.1, -0.05) is 0 Å². The summed E-state index contributed by atoms with van der Waals surface area (Å²) in [5.74, 6) is 1.57. The number of imidazole rings is 1. The maximum Gasteiger partial charge on any atom is 0.122 e. The molecule has 0 bridgehead atoms. The van der Waals surface area contributed by atoms with Crippen molar-refractivity contribution in [2.75, 3.05) is 26.3 Å². The molecule has 0 spiro atoms. The van der Waals surface area contributed by atoms with E-state index in [1.165, 1.54) is 5.56 Å². The molecule has 2 aromatic rings. The first kappa shape index (κ1) is 14.2. The summed E-state index contributed by atoms with van der Waals surface area (Å²) < 4.78 is 7.82. The molecule has 1 atom stereocenters. The lowest BCUT2D eigenvalue weighted by Crippen LogP contribution is -2.31. The zero-order valence-corrected chi connectivity index (χ0v) is 12.4. The Balaban J connectivity index is 1.62. The molecule has 112 valence electrons. The monoisotopic (exact) mass is 287 g/mol. The summed E-state index contributed by atoms with van der Waals surface area (Å²) in [5, 5.41) is 0. The summed E-state index contributed by atoms with van der Waals surface area (Å²) in [6.45, 7) is 4.42. The van der Waals surface area contributed by atoms with Gasteiger partial charge in [0.1, 0.15) is 12.2 Å². The maximum absolute atomic E-state index is 5.75. The van der Waals surface area contributed by atoms with Gasteiger partial charge in [-0.3, -0.25) is 4.90 Å². The molecule has 6 nitrogen and oxygen atoms in total. The Hall–Kier alpha value is -1.79. The fourth-order valence-electron chi connectivity index (χ4n) is 2.74. The van der Waals surface area contributed by atoms with E-state index >= 15 is 0 Å². The summed E-state index contributed by atoms with van der Waals surface area (Å²) >= 11 is 0. The minimum atomic E-state index is 0.471. The van der Waals surface area contributed by atoms with Crippen molar-refractivity contribution in [3.63, 3.8) is 0 Å². The highest BCUT2D eigenvalue weighted by Crippen LogP contribution is 2.14. The lowest BCUT2D eigenvalue weighted by atomic mass is 10.0. The highest BCUT2D eigenvalue weighted by atomic mass is 16.5. The van der Waals surface area contributed by atoms with Gasteiger partial charge < -0.3 is 9.30 Å². The van der Waals surface area contributed by atoms with Crippen LogP contribution in [0.3, 0.4) is 0 Å². The topological polar surface area (TPSA) is 56.1 Å². The van der Waals surface area contributed by atoms with Gasteiger partial charge in [0.15, 0.2) is 0 Å². The molecule has 0 amide bonds. The number of rotatable bonds is 4. The molecule has 0 radical (unpaired) electrons. The van der Waals surface area contributed by atoms with E-state index < -0.39 is 0 Å². The Morgan fingerprint density at radius 3 is 2.95 bits per heavy atom. The van der Waals surface area contributed by atoms with Crippen molar-refractivity contribution in [2.24, 2.45) is 13.0 Å². The van der Waals surface area contributed by atoms with E-state index in [2.05, 4.69) is 24.4 Å². The average Bonchev–Trinajstić information content (AvgIpc) is 2.76. The van der Waals surface area contributed by atoms with Crippen LogP contribution in [-0.4, -0.2) is 50.7 Å². The Bertz CT molecular complexity index is 556. The summed E-state index contributed by atoms with van der Waals surface area (Å²) in [5.41, 5.74) is 1.17. The van der Waals surface area contributed by atoms with Gasteiger partial charge in [0, 0.05) is 44.9 Å². The largest absolute Gasteiger partial charge is 0.380 e. The van der Waals surface area contributed by atoms with Crippen molar-refractivity contribution < 1.29 is 4.74 Å². The lowest BCUT2D eigenvalue weighted by Gasteiger charge is -2.22. The summed E-state index contributed by atoms with van der Waals surface area (Å²) in [4.78, 5) is 15.0. The van der Waals surface area contributed by atoms with Gasteiger partial charge in [-0.15, -0.1) is 0 Å². The first-order valence-corrected chi connectivity index (χ1v) is 7.31. The molecule has 2 aromatic heterocycles. The summed E-state index contributed by atoms with van der Waals surface area (Å²) in [6, 6.07) is 0. The minimum Gasteiger partial charge on any atom is -0.380 e. The molecule has 21 heavy (non-hydrogen) atoms. The zero-order chi connectivity index (χ0) is 14.5. The zero-order valence-electron chi connectivity index (χ0n) is 12.4. The van der Waals surface area contributed by atoms with E-state index in [9.17, 15) is 0 Å². The smallest absolute Gasteiger partial charge is 0.122 e. The third-order valence-corrected chi connectivity index (χ3v) is 3.85. The second kappa shape index (κ2) is 6.78. The highest BCUT2D eigenvalue weighted by Gasteiger charge is 2.20. The number of aryl methyl sites for hydroxylation is 1. The fourth-order valence-corrected chi connectivity index (χ4v) is 2.74. The van der Waals surface area contributed by atoms with Crippen molar-refractivity contribution in [1.82, 2.24) is 24.4 Å². The number of ether oxygens (including phenoxy) is 1. The van der Waals surface area contributed by atoms with Crippen LogP contribution in [0.25, 0.3) is 0 Å². The second-order valence-electron chi connectivity index (χ2n) is 5.58. The van der Waals surface area contributed by atoms with Crippen LogP contribution >= 0.6 is 0 Å². The first-order chi connectivity index (χ1) is 10.3. The van der Waals surface area contributed by atoms with E-state index in [1.807, 2.05) is 31.8 Å². The number of aromatic nitrogens is 4. The average molecular weight is 287 g/mol. The Kier molecular flexibility index (Phi) is 4.57. The van der Waals surface area contributed by atoms with E-state index in [0.29, 0.717) is 5.92 Å². The predicted octanol–water partition coefficient (Wildman–Crippen LogP) is 0.901. The van der Waals surface area contributed by atoms with Crippen molar-refractivity contribution in [2.45, 2.75) is 13.0 Å². The van der Waals surface area contributed by atoms with Crippen LogP contribution < -0.4 is 0 Å². The third kappa shape index (κ3) is 3.86. The third-order valence-electron chi connectivity index (χ3n) is 3.85. The number of hydrogen-bond donors (Lipinski definition) is 0. The Morgan fingerprint density at radius 1 is 1.33 bits per heavy atom. The van der Waals surface area contributed by atoms with Crippen molar-refractivity contribution in [1.29, 1.82) is 0 Å². The van der Waals surface area contributed by atoms with Crippen LogP contribution in [0.2, 0.25) is 0 Å². The van der Waals surface area contributed by atoms with Crippen LogP contribution in [0.1, 0.15) is 11.4 Å². The Morgan fingerprint density at radius 2 is 2.19 bits per heavy atom. The van der Waals surface area contributed by atoms with Crippen LogP contribution in [0.15, 0.2) is 31.1 Å². The molecule has 6 heteroatoms. The van der Waals surface area contributed by atoms with Crippen molar-refractivity contribution >= 4 is 0 Å². The molecule has 0 saturated carbocycles. The standard InChI is InChI=1S/C15H21N5O/c1-19-3-2-18-15(19)10-20-4-5-21-11-14(9-20)6-13-7-16-12-17-8-13/h2-3,7-8,12,14H,4-6,9-11H2,1H3/t14-/m1/s1. The highest BCUT2D eigenvalue weighted by molar-refractivity contribution is 5.04. The van der Waals surface area contributed by atoms with Gasteiger partial charge in [-0.2, -0.15) is 0 Å². The summed E-state index contributed by atoms with van der Waals surface area (Å²) in [7, 11) is 2.04. The molecule has 0 aliphatic carbocycles. The molecule has 1 fully saturated rings. The van der Waals surface area contributed by atoms with Gasteiger partial charge in [0.05, 0.1) is 19.8 Å². The van der Waals surface area contributed by atoms with Gasteiger partial charge in [-0.05, 0) is 17.9 Å². The molecule has 3 heterocycles. The first-order valence-electron chi connectivity index (χ1n) is 7.31. The molecule has 3 rings (SSSR count). The van der Waals surface area contributed by atoms with Crippen molar-refractivity contribution in [3.05, 3.63) is 42.5 Å². The van der Waals surface area contributed by atoms with Gasteiger partial charge in [0.25, 0.3) is 0 Å². The predicted molar refractivity (Wildman–Crippen MR) is 78.5 cm³/mol. The molecule has 1 aliphatic heterocycles. The van der Waals surface area contributed by atoms with Gasteiger partial charge in [-0.25, -0.2) is 15.0 Å². The Labute approximate surface area is 124 Å². The van der Waals surface area contributed by atoms with E-state index in [-0.39, 0.29) is 0 Å². The normalized spacial score (nSPS) is 20.3.